The van der Waals surface area contributed by atoms with Crippen LogP contribution in [0.3, 0.4) is 0 Å². The Hall–Kier alpha value is -0.820. The standard InChI is InChI=1S/C15H23N/c1-11(2)6-5-9-15(16)14-10-12-7-3-4-8-13(12)14/h3-4,7-8,11,14-15H,5-6,9-10,16H2,1-2H3. The van der Waals surface area contributed by atoms with Gasteiger partial charge < -0.3 is 5.73 Å². The quantitative estimate of drug-likeness (QED) is 0.803. The molecule has 0 saturated carbocycles. The molecule has 0 amide bonds. The molecule has 0 aromatic heterocycles. The second-order valence-corrected chi connectivity index (χ2v) is 5.50. The molecule has 16 heavy (non-hydrogen) atoms. The molecule has 1 aromatic rings. The Morgan fingerprint density at radius 1 is 1.25 bits per heavy atom. The summed E-state index contributed by atoms with van der Waals surface area (Å²) in [5.74, 6) is 1.43. The van der Waals surface area contributed by atoms with Crippen molar-refractivity contribution in [2.75, 3.05) is 0 Å². The minimum Gasteiger partial charge on any atom is -0.327 e. The van der Waals surface area contributed by atoms with E-state index in [-0.39, 0.29) is 0 Å². The summed E-state index contributed by atoms with van der Waals surface area (Å²) >= 11 is 0. The third kappa shape index (κ3) is 2.46. The fourth-order valence-corrected chi connectivity index (χ4v) is 2.64. The molecule has 2 atom stereocenters. The molecule has 0 fully saturated rings. The molecule has 1 heteroatoms. The van der Waals surface area contributed by atoms with Gasteiger partial charge in [0.1, 0.15) is 0 Å². The summed E-state index contributed by atoms with van der Waals surface area (Å²) < 4.78 is 0. The lowest BCUT2D eigenvalue weighted by molar-refractivity contribution is 0.423. The van der Waals surface area contributed by atoms with Crippen molar-refractivity contribution >= 4 is 0 Å². The van der Waals surface area contributed by atoms with Crippen LogP contribution in [0.2, 0.25) is 0 Å². The number of hydrogen-bond donors (Lipinski definition) is 1. The SMILES string of the molecule is CC(C)CCCC(N)C1Cc2ccccc21. The number of hydrogen-bond acceptors (Lipinski definition) is 1. The van der Waals surface area contributed by atoms with Crippen LogP contribution in [-0.4, -0.2) is 6.04 Å². The Kier molecular flexibility index (Phi) is 3.65. The van der Waals surface area contributed by atoms with E-state index < -0.39 is 0 Å². The zero-order chi connectivity index (χ0) is 11.5. The Labute approximate surface area is 99.0 Å². The largest absolute Gasteiger partial charge is 0.327 e. The highest BCUT2D eigenvalue weighted by Crippen LogP contribution is 2.37. The number of fused-ring (bicyclic) bond motifs is 1. The Bertz CT molecular complexity index is 343. The summed E-state index contributed by atoms with van der Waals surface area (Å²) in [4.78, 5) is 0. The van der Waals surface area contributed by atoms with E-state index >= 15 is 0 Å². The summed E-state index contributed by atoms with van der Waals surface area (Å²) in [7, 11) is 0. The van der Waals surface area contributed by atoms with Crippen LogP contribution >= 0.6 is 0 Å². The average Bonchev–Trinajstić information content (AvgIpc) is 2.19. The zero-order valence-electron chi connectivity index (χ0n) is 10.4. The molecule has 2 rings (SSSR count). The highest BCUT2D eigenvalue weighted by atomic mass is 14.7. The predicted octanol–water partition coefficient (Wildman–Crippen LogP) is 3.48. The Morgan fingerprint density at radius 2 is 2.00 bits per heavy atom. The molecule has 1 aromatic carbocycles. The molecule has 0 heterocycles. The van der Waals surface area contributed by atoms with Crippen LogP contribution in [0.5, 0.6) is 0 Å². The fourth-order valence-electron chi connectivity index (χ4n) is 2.64. The van der Waals surface area contributed by atoms with Crippen molar-refractivity contribution in [2.45, 2.75) is 51.5 Å². The van der Waals surface area contributed by atoms with Gasteiger partial charge in [-0.2, -0.15) is 0 Å². The van der Waals surface area contributed by atoms with Gasteiger partial charge in [0.15, 0.2) is 0 Å². The monoisotopic (exact) mass is 217 g/mol. The minimum absolute atomic E-state index is 0.369. The van der Waals surface area contributed by atoms with Gasteiger partial charge in [-0.3, -0.25) is 0 Å². The summed E-state index contributed by atoms with van der Waals surface area (Å²) in [6, 6.07) is 9.09. The first-order chi connectivity index (χ1) is 7.68. The maximum absolute atomic E-state index is 6.28. The molecule has 0 aliphatic heterocycles. The van der Waals surface area contributed by atoms with Crippen molar-refractivity contribution in [1.29, 1.82) is 0 Å². The number of rotatable bonds is 5. The van der Waals surface area contributed by atoms with Crippen LogP contribution in [0.25, 0.3) is 0 Å². The van der Waals surface area contributed by atoms with Crippen molar-refractivity contribution in [2.24, 2.45) is 11.7 Å². The molecule has 1 nitrogen and oxygen atoms in total. The highest BCUT2D eigenvalue weighted by Gasteiger charge is 2.29. The van der Waals surface area contributed by atoms with E-state index in [0.29, 0.717) is 12.0 Å². The first-order valence-corrected chi connectivity index (χ1v) is 6.52. The first kappa shape index (κ1) is 11.7. The predicted molar refractivity (Wildman–Crippen MR) is 69.6 cm³/mol. The average molecular weight is 217 g/mol. The third-order valence-electron chi connectivity index (χ3n) is 3.73. The number of nitrogens with two attached hydrogens (primary N) is 1. The van der Waals surface area contributed by atoms with Gasteiger partial charge in [0.05, 0.1) is 0 Å². The molecule has 2 N–H and O–H groups in total. The van der Waals surface area contributed by atoms with E-state index in [2.05, 4.69) is 38.1 Å². The van der Waals surface area contributed by atoms with E-state index in [0.717, 1.165) is 5.92 Å². The second-order valence-electron chi connectivity index (χ2n) is 5.50. The van der Waals surface area contributed by atoms with E-state index in [4.69, 9.17) is 5.73 Å². The van der Waals surface area contributed by atoms with Gasteiger partial charge in [0.2, 0.25) is 0 Å². The van der Waals surface area contributed by atoms with E-state index in [1.54, 1.807) is 0 Å². The van der Waals surface area contributed by atoms with Crippen LogP contribution in [0.15, 0.2) is 24.3 Å². The van der Waals surface area contributed by atoms with Crippen molar-refractivity contribution in [3.8, 4) is 0 Å². The summed E-state index contributed by atoms with van der Waals surface area (Å²) in [6.07, 6.45) is 4.95. The lowest BCUT2D eigenvalue weighted by atomic mass is 9.72. The highest BCUT2D eigenvalue weighted by molar-refractivity contribution is 5.41. The van der Waals surface area contributed by atoms with Crippen molar-refractivity contribution in [1.82, 2.24) is 0 Å². The second kappa shape index (κ2) is 5.01. The molecule has 0 bridgehead atoms. The van der Waals surface area contributed by atoms with Crippen molar-refractivity contribution < 1.29 is 0 Å². The van der Waals surface area contributed by atoms with Gasteiger partial charge >= 0.3 is 0 Å². The summed E-state index contributed by atoms with van der Waals surface area (Å²) in [5, 5.41) is 0. The lowest BCUT2D eigenvalue weighted by Gasteiger charge is -2.34. The van der Waals surface area contributed by atoms with E-state index in [9.17, 15) is 0 Å². The van der Waals surface area contributed by atoms with Gasteiger partial charge in [-0.05, 0) is 29.9 Å². The van der Waals surface area contributed by atoms with Crippen LogP contribution in [0.1, 0.15) is 50.2 Å². The van der Waals surface area contributed by atoms with Gasteiger partial charge in [-0.15, -0.1) is 0 Å². The van der Waals surface area contributed by atoms with Crippen LogP contribution < -0.4 is 5.73 Å². The van der Waals surface area contributed by atoms with E-state index in [1.807, 2.05) is 0 Å². The van der Waals surface area contributed by atoms with Crippen LogP contribution in [-0.2, 0) is 6.42 Å². The maximum atomic E-state index is 6.28. The molecule has 88 valence electrons. The molecule has 2 unspecified atom stereocenters. The Morgan fingerprint density at radius 3 is 2.69 bits per heavy atom. The van der Waals surface area contributed by atoms with Crippen LogP contribution in [0.4, 0.5) is 0 Å². The molecule has 0 radical (unpaired) electrons. The van der Waals surface area contributed by atoms with Gasteiger partial charge in [-0.25, -0.2) is 0 Å². The van der Waals surface area contributed by atoms with E-state index in [1.165, 1.54) is 36.8 Å². The fraction of sp³-hybridized carbons (Fsp3) is 0.600. The Balaban J connectivity index is 1.82. The van der Waals surface area contributed by atoms with Gasteiger partial charge in [0, 0.05) is 12.0 Å². The molecule has 0 spiro atoms. The summed E-state index contributed by atoms with van der Waals surface area (Å²) in [5.41, 5.74) is 9.29. The zero-order valence-corrected chi connectivity index (χ0v) is 10.4. The molecular weight excluding hydrogens is 194 g/mol. The molecule has 0 saturated heterocycles. The first-order valence-electron chi connectivity index (χ1n) is 6.52. The smallest absolute Gasteiger partial charge is 0.0111 e. The van der Waals surface area contributed by atoms with Gasteiger partial charge in [0.25, 0.3) is 0 Å². The van der Waals surface area contributed by atoms with Crippen LogP contribution in [0, 0.1) is 5.92 Å². The van der Waals surface area contributed by atoms with Gasteiger partial charge in [-0.1, -0.05) is 51.0 Å². The van der Waals surface area contributed by atoms with Crippen molar-refractivity contribution in [3.05, 3.63) is 35.4 Å². The number of benzene rings is 1. The molecule has 1 aliphatic carbocycles. The lowest BCUT2D eigenvalue weighted by Crippen LogP contribution is -2.35. The normalized spacial score (nSPS) is 20.4. The van der Waals surface area contributed by atoms with Crippen molar-refractivity contribution in [3.63, 3.8) is 0 Å². The minimum atomic E-state index is 0.369. The molecular formula is C15H23N. The third-order valence-corrected chi connectivity index (χ3v) is 3.73. The summed E-state index contributed by atoms with van der Waals surface area (Å²) in [6.45, 7) is 4.56. The topological polar surface area (TPSA) is 26.0 Å². The maximum Gasteiger partial charge on any atom is 0.0111 e. The molecule has 1 aliphatic rings.